The lowest BCUT2D eigenvalue weighted by Crippen LogP contribution is -2.33. The molecule has 172 valence electrons. The summed E-state index contributed by atoms with van der Waals surface area (Å²) in [5, 5.41) is 7.18. The third-order valence-corrected chi connectivity index (χ3v) is 5.78. The van der Waals surface area contributed by atoms with Crippen molar-refractivity contribution in [3.63, 3.8) is 0 Å². The highest BCUT2D eigenvalue weighted by Crippen LogP contribution is 2.28. The molecule has 0 unspecified atom stereocenters. The van der Waals surface area contributed by atoms with Crippen molar-refractivity contribution < 1.29 is 4.79 Å². The number of hydrazone groups is 1. The number of anilines is 1. The number of hydrogen-bond acceptors (Lipinski definition) is 3. The second kappa shape index (κ2) is 9.75. The summed E-state index contributed by atoms with van der Waals surface area (Å²) in [5.74, 6) is 1.12. The van der Waals surface area contributed by atoms with Crippen LogP contribution in [0.5, 0.6) is 0 Å². The van der Waals surface area contributed by atoms with Gasteiger partial charge in [0.15, 0.2) is 0 Å². The van der Waals surface area contributed by atoms with Crippen molar-refractivity contribution in [2.75, 3.05) is 18.1 Å². The lowest BCUT2D eigenvalue weighted by atomic mass is 10.1. The van der Waals surface area contributed by atoms with E-state index in [2.05, 4.69) is 72.7 Å². The zero-order valence-corrected chi connectivity index (χ0v) is 20.3. The van der Waals surface area contributed by atoms with Gasteiger partial charge < -0.3 is 4.57 Å². The number of amides is 1. The number of carbonyl (C=O) groups excluding carboxylic acids is 1. The first kappa shape index (κ1) is 23.0. The van der Waals surface area contributed by atoms with Crippen molar-refractivity contribution in [2.24, 2.45) is 16.9 Å². The van der Waals surface area contributed by atoms with Crippen molar-refractivity contribution in [1.29, 1.82) is 0 Å². The van der Waals surface area contributed by atoms with Crippen LogP contribution in [-0.4, -0.2) is 34.2 Å². The number of rotatable bonds is 8. The highest BCUT2D eigenvalue weighted by atomic mass is 16.2. The van der Waals surface area contributed by atoms with Crippen LogP contribution in [0.4, 0.5) is 5.69 Å². The minimum absolute atomic E-state index is 0.0863. The number of fused-ring (bicyclic) bond motifs is 1. The van der Waals surface area contributed by atoms with Crippen LogP contribution in [-0.2, 0) is 11.5 Å². The van der Waals surface area contributed by atoms with Crippen LogP contribution in [0.1, 0.15) is 40.2 Å². The predicted molar refractivity (Wildman–Crippen MR) is 138 cm³/mol. The van der Waals surface area contributed by atoms with E-state index in [-0.39, 0.29) is 5.91 Å². The Balaban J connectivity index is 1.69. The number of hydrogen-bond donors (Lipinski definition) is 0. The second-order valence-electron chi connectivity index (χ2n) is 9.73. The van der Waals surface area contributed by atoms with E-state index >= 15 is 0 Å². The van der Waals surface area contributed by atoms with E-state index in [0.29, 0.717) is 17.4 Å². The molecule has 1 aliphatic rings. The van der Waals surface area contributed by atoms with Crippen LogP contribution >= 0.6 is 0 Å². The summed E-state index contributed by atoms with van der Waals surface area (Å²) >= 11 is 0. The van der Waals surface area contributed by atoms with Gasteiger partial charge in [0.05, 0.1) is 23.6 Å². The zero-order chi connectivity index (χ0) is 23.5. The summed E-state index contributed by atoms with van der Waals surface area (Å²) in [6.45, 7) is 13.9. The molecule has 0 saturated heterocycles. The maximum absolute atomic E-state index is 13.2. The van der Waals surface area contributed by atoms with E-state index in [1.165, 1.54) is 10.5 Å². The Morgan fingerprint density at radius 1 is 0.939 bits per heavy atom. The van der Waals surface area contributed by atoms with Crippen LogP contribution < -0.4 is 5.01 Å². The van der Waals surface area contributed by atoms with Crippen LogP contribution in [0.3, 0.4) is 0 Å². The summed E-state index contributed by atoms with van der Waals surface area (Å²) in [6, 6.07) is 18.0. The van der Waals surface area contributed by atoms with E-state index in [1.807, 2.05) is 43.3 Å². The number of carbonyl (C=O) groups is 1. The van der Waals surface area contributed by atoms with E-state index < -0.39 is 0 Å². The standard InChI is InChI=1S/C28H34N4O/c1-20(2)16-30(17-21(3)4)19-31-18-23(25-13-9-10-14-27(25)31)15-26-22(5)29-32(28(26)33)24-11-7-6-8-12-24/h6-15,18,20-21H,16-17,19H2,1-5H3/b26-15+. The van der Waals surface area contributed by atoms with E-state index in [1.54, 1.807) is 0 Å². The summed E-state index contributed by atoms with van der Waals surface area (Å²) in [5.41, 5.74) is 4.39. The molecular formula is C28H34N4O. The van der Waals surface area contributed by atoms with Crippen molar-refractivity contribution in [2.45, 2.75) is 41.3 Å². The van der Waals surface area contributed by atoms with Gasteiger partial charge in [-0.25, -0.2) is 0 Å². The molecule has 2 heterocycles. The average Bonchev–Trinajstić information content (AvgIpc) is 3.26. The Labute approximate surface area is 197 Å². The zero-order valence-electron chi connectivity index (χ0n) is 20.3. The number of para-hydroxylation sites is 2. The van der Waals surface area contributed by atoms with Gasteiger partial charge in [0, 0.05) is 35.8 Å². The molecule has 0 spiro atoms. The topological polar surface area (TPSA) is 40.8 Å². The first-order chi connectivity index (χ1) is 15.8. The van der Waals surface area contributed by atoms with Crippen LogP contribution in [0.15, 0.2) is 71.5 Å². The molecule has 33 heavy (non-hydrogen) atoms. The number of nitrogens with zero attached hydrogens (tertiary/aromatic N) is 4. The van der Waals surface area contributed by atoms with Crippen molar-refractivity contribution in [3.8, 4) is 0 Å². The number of aromatic nitrogens is 1. The van der Waals surface area contributed by atoms with Crippen LogP contribution in [0, 0.1) is 11.8 Å². The lowest BCUT2D eigenvalue weighted by molar-refractivity contribution is -0.114. The molecule has 3 aromatic rings. The molecule has 4 rings (SSSR count). The molecule has 2 aromatic carbocycles. The Morgan fingerprint density at radius 3 is 2.24 bits per heavy atom. The van der Waals surface area contributed by atoms with Crippen molar-refractivity contribution >= 4 is 34.3 Å². The van der Waals surface area contributed by atoms with Gasteiger partial charge in [0.2, 0.25) is 0 Å². The van der Waals surface area contributed by atoms with Gasteiger partial charge in [0.1, 0.15) is 0 Å². The third kappa shape index (κ3) is 5.09. The van der Waals surface area contributed by atoms with Gasteiger partial charge in [-0.05, 0) is 43.0 Å². The van der Waals surface area contributed by atoms with Crippen LogP contribution in [0.2, 0.25) is 0 Å². The predicted octanol–water partition coefficient (Wildman–Crippen LogP) is 6.02. The fourth-order valence-electron chi connectivity index (χ4n) is 4.53. The molecular weight excluding hydrogens is 408 g/mol. The summed E-state index contributed by atoms with van der Waals surface area (Å²) in [7, 11) is 0. The van der Waals surface area contributed by atoms with E-state index in [9.17, 15) is 4.79 Å². The summed E-state index contributed by atoms with van der Waals surface area (Å²) < 4.78 is 2.31. The highest BCUT2D eigenvalue weighted by molar-refractivity contribution is 6.32. The fraction of sp³-hybridized carbons (Fsp3) is 0.357. The van der Waals surface area contributed by atoms with Gasteiger partial charge in [-0.1, -0.05) is 64.1 Å². The molecule has 1 aliphatic heterocycles. The quantitative estimate of drug-likeness (QED) is 0.400. The smallest absolute Gasteiger partial charge is 0.280 e. The molecule has 0 bridgehead atoms. The fourth-order valence-corrected chi connectivity index (χ4v) is 4.53. The Bertz CT molecular complexity index is 1180. The van der Waals surface area contributed by atoms with Crippen LogP contribution in [0.25, 0.3) is 17.0 Å². The first-order valence-electron chi connectivity index (χ1n) is 11.8. The molecule has 0 saturated carbocycles. The van der Waals surface area contributed by atoms with Gasteiger partial charge in [-0.3, -0.25) is 9.69 Å². The Morgan fingerprint density at radius 2 is 1.58 bits per heavy atom. The first-order valence-corrected chi connectivity index (χ1v) is 11.8. The monoisotopic (exact) mass is 442 g/mol. The molecule has 0 fully saturated rings. The third-order valence-electron chi connectivity index (χ3n) is 5.78. The maximum atomic E-state index is 13.2. The molecule has 5 nitrogen and oxygen atoms in total. The van der Waals surface area contributed by atoms with Crippen molar-refractivity contribution in [1.82, 2.24) is 9.47 Å². The van der Waals surface area contributed by atoms with E-state index in [0.717, 1.165) is 42.1 Å². The number of benzene rings is 2. The second-order valence-corrected chi connectivity index (χ2v) is 9.73. The molecule has 0 atom stereocenters. The Kier molecular flexibility index (Phi) is 6.80. The highest BCUT2D eigenvalue weighted by Gasteiger charge is 2.29. The molecule has 0 radical (unpaired) electrons. The average molecular weight is 443 g/mol. The largest absolute Gasteiger partial charge is 0.333 e. The van der Waals surface area contributed by atoms with Gasteiger partial charge in [-0.2, -0.15) is 10.1 Å². The van der Waals surface area contributed by atoms with Gasteiger partial charge >= 0.3 is 0 Å². The molecule has 1 aromatic heterocycles. The van der Waals surface area contributed by atoms with Gasteiger partial charge in [0.25, 0.3) is 5.91 Å². The molecule has 0 N–H and O–H groups in total. The minimum atomic E-state index is -0.0863. The minimum Gasteiger partial charge on any atom is -0.333 e. The lowest BCUT2D eigenvalue weighted by Gasteiger charge is -2.27. The molecule has 1 amide bonds. The summed E-state index contributed by atoms with van der Waals surface area (Å²) in [6.07, 6.45) is 4.18. The van der Waals surface area contributed by atoms with Crippen molar-refractivity contribution in [3.05, 3.63) is 71.9 Å². The molecule has 5 heteroatoms. The van der Waals surface area contributed by atoms with E-state index in [4.69, 9.17) is 0 Å². The maximum Gasteiger partial charge on any atom is 0.280 e. The summed E-state index contributed by atoms with van der Waals surface area (Å²) in [4.78, 5) is 15.7. The van der Waals surface area contributed by atoms with Gasteiger partial charge in [-0.15, -0.1) is 0 Å². The normalized spacial score (nSPS) is 15.6. The molecule has 0 aliphatic carbocycles. The Hall–Kier alpha value is -3.18. The SMILES string of the molecule is CC1=NN(c2ccccc2)C(=O)/C1=C/c1cn(CN(CC(C)C)CC(C)C)c2ccccc12.